The van der Waals surface area contributed by atoms with Crippen molar-refractivity contribution in [3.8, 4) is 0 Å². The summed E-state index contributed by atoms with van der Waals surface area (Å²) in [7, 11) is -3.89. The van der Waals surface area contributed by atoms with Crippen molar-refractivity contribution in [3.63, 3.8) is 0 Å². The summed E-state index contributed by atoms with van der Waals surface area (Å²) in [5.74, 6) is -1.46. The van der Waals surface area contributed by atoms with Crippen LogP contribution in [0.1, 0.15) is 37.8 Å². The van der Waals surface area contributed by atoms with Crippen molar-refractivity contribution in [3.05, 3.63) is 65.5 Å². The molecule has 0 saturated heterocycles. The van der Waals surface area contributed by atoms with Crippen molar-refractivity contribution in [1.82, 2.24) is 10.2 Å². The predicted molar refractivity (Wildman–Crippen MR) is 128 cm³/mol. The molecule has 0 bridgehead atoms. The molecular weight excluding hydrogens is 445 g/mol. The molecule has 2 aromatic rings. The summed E-state index contributed by atoms with van der Waals surface area (Å²) in [5, 5.41) is 2.83. The normalized spacial score (nSPS) is 12.2. The second kappa shape index (κ2) is 11.8. The van der Waals surface area contributed by atoms with E-state index >= 15 is 0 Å². The van der Waals surface area contributed by atoms with E-state index in [-0.39, 0.29) is 18.1 Å². The molecule has 1 atom stereocenters. The Labute approximate surface area is 195 Å². The average Bonchev–Trinajstić information content (AvgIpc) is 2.76. The van der Waals surface area contributed by atoms with Crippen LogP contribution in [-0.2, 0) is 26.2 Å². The Kier molecular flexibility index (Phi) is 9.40. The molecule has 0 aromatic heterocycles. The highest BCUT2D eigenvalue weighted by molar-refractivity contribution is 7.92. The number of anilines is 1. The lowest BCUT2D eigenvalue weighted by Crippen LogP contribution is -2.52. The quantitative estimate of drug-likeness (QED) is 0.538. The van der Waals surface area contributed by atoms with Gasteiger partial charge < -0.3 is 10.2 Å². The zero-order valence-corrected chi connectivity index (χ0v) is 20.4. The van der Waals surface area contributed by atoms with Crippen LogP contribution in [-0.4, -0.2) is 50.5 Å². The van der Waals surface area contributed by atoms with Gasteiger partial charge in [0.1, 0.15) is 18.4 Å². The summed E-state index contributed by atoms with van der Waals surface area (Å²) in [5.41, 5.74) is 1.85. The third-order valence-electron chi connectivity index (χ3n) is 5.31. The monoisotopic (exact) mass is 477 g/mol. The highest BCUT2D eigenvalue weighted by Gasteiger charge is 2.31. The lowest BCUT2D eigenvalue weighted by molar-refractivity contribution is -0.140. The number of sulfonamides is 1. The van der Waals surface area contributed by atoms with Gasteiger partial charge in [-0.1, -0.05) is 44.2 Å². The molecule has 7 nitrogen and oxygen atoms in total. The first-order chi connectivity index (χ1) is 15.6. The van der Waals surface area contributed by atoms with Crippen LogP contribution in [0.25, 0.3) is 0 Å². The lowest BCUT2D eigenvalue weighted by atomic mass is 10.1. The van der Waals surface area contributed by atoms with Crippen LogP contribution in [0.3, 0.4) is 0 Å². The van der Waals surface area contributed by atoms with Gasteiger partial charge in [0.25, 0.3) is 0 Å². The van der Waals surface area contributed by atoms with Crippen LogP contribution in [0.4, 0.5) is 10.1 Å². The Morgan fingerprint density at radius 3 is 2.36 bits per heavy atom. The van der Waals surface area contributed by atoms with Gasteiger partial charge in [-0.3, -0.25) is 13.9 Å². The molecule has 0 saturated carbocycles. The Morgan fingerprint density at radius 1 is 1.09 bits per heavy atom. The van der Waals surface area contributed by atoms with Crippen LogP contribution in [0.15, 0.2) is 48.5 Å². The fourth-order valence-corrected chi connectivity index (χ4v) is 4.34. The van der Waals surface area contributed by atoms with Gasteiger partial charge in [0, 0.05) is 13.1 Å². The molecule has 33 heavy (non-hydrogen) atoms. The number of nitrogens with one attached hydrogen (secondary N) is 1. The van der Waals surface area contributed by atoms with Crippen molar-refractivity contribution in [2.45, 2.75) is 46.2 Å². The number of nitrogens with zero attached hydrogens (tertiary/aromatic N) is 2. The van der Waals surface area contributed by atoms with Crippen molar-refractivity contribution < 1.29 is 22.4 Å². The van der Waals surface area contributed by atoms with Gasteiger partial charge in [0.2, 0.25) is 21.8 Å². The number of amides is 2. The van der Waals surface area contributed by atoms with E-state index in [4.69, 9.17) is 0 Å². The van der Waals surface area contributed by atoms with Crippen molar-refractivity contribution >= 4 is 27.5 Å². The highest BCUT2D eigenvalue weighted by Crippen LogP contribution is 2.21. The van der Waals surface area contributed by atoms with Crippen molar-refractivity contribution in [2.24, 2.45) is 0 Å². The molecule has 0 radical (unpaired) electrons. The van der Waals surface area contributed by atoms with Gasteiger partial charge in [-0.05, 0) is 49.1 Å². The fourth-order valence-electron chi connectivity index (χ4n) is 3.50. The number of rotatable bonds is 11. The molecule has 0 aliphatic rings. The minimum absolute atomic E-state index is 0.0465. The lowest BCUT2D eigenvalue weighted by Gasteiger charge is -2.33. The van der Waals surface area contributed by atoms with Crippen LogP contribution < -0.4 is 9.62 Å². The van der Waals surface area contributed by atoms with Gasteiger partial charge >= 0.3 is 0 Å². The summed E-state index contributed by atoms with van der Waals surface area (Å²) >= 11 is 0. The van der Waals surface area contributed by atoms with Gasteiger partial charge in [-0.25, -0.2) is 12.8 Å². The van der Waals surface area contributed by atoms with E-state index in [0.717, 1.165) is 34.2 Å². The van der Waals surface area contributed by atoms with E-state index < -0.39 is 34.3 Å². The van der Waals surface area contributed by atoms with E-state index in [0.29, 0.717) is 13.0 Å². The van der Waals surface area contributed by atoms with E-state index in [1.54, 1.807) is 6.92 Å². The molecule has 2 rings (SSSR count). The van der Waals surface area contributed by atoms with E-state index in [9.17, 15) is 22.4 Å². The first-order valence-corrected chi connectivity index (χ1v) is 12.8. The van der Waals surface area contributed by atoms with Crippen molar-refractivity contribution in [1.29, 1.82) is 0 Å². The van der Waals surface area contributed by atoms with Crippen LogP contribution in [0.5, 0.6) is 0 Å². The summed E-state index contributed by atoms with van der Waals surface area (Å²) in [6.45, 7) is 5.71. The predicted octanol–water partition coefficient (Wildman–Crippen LogP) is 3.23. The number of carbonyl (C=O) groups is 2. The maximum Gasteiger partial charge on any atom is 0.244 e. The second-order valence-electron chi connectivity index (χ2n) is 7.91. The molecule has 0 heterocycles. The number of benzene rings is 2. The Bertz CT molecular complexity index is 1070. The summed E-state index contributed by atoms with van der Waals surface area (Å²) < 4.78 is 39.6. The third-order valence-corrected chi connectivity index (χ3v) is 6.45. The molecule has 9 heteroatoms. The molecule has 2 aromatic carbocycles. The zero-order valence-electron chi connectivity index (χ0n) is 19.5. The molecule has 180 valence electrons. The molecule has 0 aliphatic carbocycles. The molecule has 0 aliphatic heterocycles. The third kappa shape index (κ3) is 7.28. The maximum absolute atomic E-state index is 13.8. The zero-order chi connectivity index (χ0) is 24.6. The first kappa shape index (κ1) is 26.3. The van der Waals surface area contributed by atoms with Gasteiger partial charge in [0.15, 0.2) is 0 Å². The minimum Gasteiger partial charge on any atom is -0.354 e. The molecule has 0 spiro atoms. The van der Waals surface area contributed by atoms with Crippen LogP contribution in [0.2, 0.25) is 0 Å². The van der Waals surface area contributed by atoms with E-state index in [2.05, 4.69) is 5.32 Å². The van der Waals surface area contributed by atoms with Crippen LogP contribution in [0, 0.1) is 12.7 Å². The SMILES string of the molecule is CCCNC(=O)[C@H](CC)N(Cc1ccccc1C)C(=O)CN(c1cccc(F)c1)S(C)(=O)=O. The standard InChI is InChI=1S/C24H32FN3O4S/c1-5-14-26-24(30)22(6-2)27(16-19-11-8-7-10-18(19)3)23(29)17-28(33(4,31)32)21-13-9-12-20(25)15-21/h7-13,15,22H,5-6,14,16-17H2,1-4H3,(H,26,30)/t22-/m0/s1. The first-order valence-electron chi connectivity index (χ1n) is 10.9. The summed E-state index contributed by atoms with van der Waals surface area (Å²) in [6, 6.07) is 11.8. The Balaban J connectivity index is 2.44. The number of hydrogen-bond donors (Lipinski definition) is 1. The van der Waals surface area contributed by atoms with Gasteiger partial charge in [-0.15, -0.1) is 0 Å². The van der Waals surface area contributed by atoms with Gasteiger partial charge in [0.05, 0.1) is 11.9 Å². The number of carbonyl (C=O) groups excluding carboxylic acids is 2. The second-order valence-corrected chi connectivity index (χ2v) is 9.82. The fraction of sp³-hybridized carbons (Fsp3) is 0.417. The molecule has 1 N–H and O–H groups in total. The summed E-state index contributed by atoms with van der Waals surface area (Å²) in [4.78, 5) is 27.8. The van der Waals surface area contributed by atoms with E-state index in [1.165, 1.54) is 23.1 Å². The molecule has 2 amide bonds. The minimum atomic E-state index is -3.89. The smallest absolute Gasteiger partial charge is 0.244 e. The number of aryl methyl sites for hydroxylation is 1. The van der Waals surface area contributed by atoms with Gasteiger partial charge in [-0.2, -0.15) is 0 Å². The van der Waals surface area contributed by atoms with E-state index in [1.807, 2.05) is 38.1 Å². The maximum atomic E-state index is 13.8. The number of hydrogen-bond acceptors (Lipinski definition) is 4. The molecule has 0 fully saturated rings. The average molecular weight is 478 g/mol. The Hall–Kier alpha value is -2.94. The topological polar surface area (TPSA) is 86.8 Å². The highest BCUT2D eigenvalue weighted by atomic mass is 32.2. The molecular formula is C24H32FN3O4S. The largest absolute Gasteiger partial charge is 0.354 e. The summed E-state index contributed by atoms with van der Waals surface area (Å²) in [6.07, 6.45) is 2.06. The van der Waals surface area contributed by atoms with Crippen LogP contribution >= 0.6 is 0 Å². The van der Waals surface area contributed by atoms with Crippen molar-refractivity contribution in [2.75, 3.05) is 23.7 Å². The number of halogens is 1. The Morgan fingerprint density at radius 2 is 1.79 bits per heavy atom. The molecule has 0 unspecified atom stereocenters.